The zero-order valence-corrected chi connectivity index (χ0v) is 10.9. The Kier molecular flexibility index (Phi) is 4.29. The van der Waals surface area contributed by atoms with Crippen LogP contribution >= 0.6 is 0 Å². The Morgan fingerprint density at radius 3 is 2.25 bits per heavy atom. The molecule has 2 rings (SSSR count). The highest BCUT2D eigenvalue weighted by Crippen LogP contribution is 2.21. The number of hydrogen-bond donors (Lipinski definition) is 1. The molecule has 1 atom stereocenters. The second-order valence-corrected chi connectivity index (χ2v) is 4.54. The highest BCUT2D eigenvalue weighted by Gasteiger charge is 2.08. The van der Waals surface area contributed by atoms with E-state index in [1.807, 2.05) is 0 Å². The Bertz CT molecular complexity index is 594. The lowest BCUT2D eigenvalue weighted by atomic mass is 10.1. The molecule has 0 aliphatic rings. The van der Waals surface area contributed by atoms with E-state index >= 15 is 0 Å². The van der Waals surface area contributed by atoms with Crippen LogP contribution in [0.4, 0.5) is 13.2 Å². The van der Waals surface area contributed by atoms with E-state index in [1.165, 1.54) is 12.1 Å². The van der Waals surface area contributed by atoms with Crippen LogP contribution in [0, 0.1) is 17.5 Å². The van der Waals surface area contributed by atoms with Crippen LogP contribution in [0.15, 0.2) is 36.4 Å². The molecule has 0 amide bonds. The zero-order chi connectivity index (χ0) is 14.7. The van der Waals surface area contributed by atoms with E-state index in [9.17, 15) is 13.2 Å². The number of hydrogen-bond acceptors (Lipinski definition) is 2. The molecule has 0 aliphatic heterocycles. The Morgan fingerprint density at radius 2 is 1.70 bits per heavy atom. The molecule has 0 spiro atoms. The third-order valence-electron chi connectivity index (χ3n) is 2.79. The van der Waals surface area contributed by atoms with Crippen molar-refractivity contribution in [2.45, 2.75) is 19.6 Å². The van der Waals surface area contributed by atoms with Crippen LogP contribution in [0.1, 0.15) is 24.1 Å². The van der Waals surface area contributed by atoms with Gasteiger partial charge in [-0.3, -0.25) is 0 Å². The normalized spacial score (nSPS) is 12.2. The SMILES string of the molecule is C[C@H](N)c1ccc(OCc2cc(F)cc(F)c2)cc1F. The quantitative estimate of drug-likeness (QED) is 0.927. The number of nitrogens with two attached hydrogens (primary N) is 1. The van der Waals surface area contributed by atoms with E-state index < -0.39 is 23.5 Å². The van der Waals surface area contributed by atoms with E-state index in [1.54, 1.807) is 13.0 Å². The van der Waals surface area contributed by atoms with Gasteiger partial charge in [-0.2, -0.15) is 0 Å². The highest BCUT2D eigenvalue weighted by molar-refractivity contribution is 5.31. The van der Waals surface area contributed by atoms with Crippen molar-refractivity contribution in [3.63, 3.8) is 0 Å². The molecule has 0 radical (unpaired) electrons. The first-order chi connectivity index (χ1) is 9.45. The van der Waals surface area contributed by atoms with Crippen molar-refractivity contribution in [2.24, 2.45) is 5.73 Å². The molecule has 0 unspecified atom stereocenters. The summed E-state index contributed by atoms with van der Waals surface area (Å²) >= 11 is 0. The Labute approximate surface area is 115 Å². The molecule has 5 heteroatoms. The molecule has 2 aromatic carbocycles. The van der Waals surface area contributed by atoms with Crippen molar-refractivity contribution < 1.29 is 17.9 Å². The van der Waals surface area contributed by atoms with Crippen molar-refractivity contribution in [1.82, 2.24) is 0 Å². The smallest absolute Gasteiger partial charge is 0.131 e. The predicted octanol–water partition coefficient (Wildman–Crippen LogP) is 3.70. The summed E-state index contributed by atoms with van der Waals surface area (Å²) < 4.78 is 45.0. The largest absolute Gasteiger partial charge is 0.489 e. The monoisotopic (exact) mass is 281 g/mol. The van der Waals surface area contributed by atoms with Crippen molar-refractivity contribution >= 4 is 0 Å². The van der Waals surface area contributed by atoms with Gasteiger partial charge in [0.1, 0.15) is 29.8 Å². The first-order valence-electron chi connectivity index (χ1n) is 6.08. The minimum atomic E-state index is -0.679. The van der Waals surface area contributed by atoms with Gasteiger partial charge in [-0.25, -0.2) is 13.2 Å². The summed E-state index contributed by atoms with van der Waals surface area (Å²) in [6.45, 7) is 1.63. The van der Waals surface area contributed by atoms with Gasteiger partial charge in [-0.1, -0.05) is 6.07 Å². The van der Waals surface area contributed by atoms with Gasteiger partial charge in [0.05, 0.1) is 0 Å². The van der Waals surface area contributed by atoms with E-state index in [2.05, 4.69) is 0 Å². The molecule has 0 heterocycles. The van der Waals surface area contributed by atoms with Crippen LogP contribution in [-0.2, 0) is 6.61 Å². The van der Waals surface area contributed by atoms with Gasteiger partial charge in [-0.05, 0) is 30.7 Å². The van der Waals surface area contributed by atoms with Crippen LogP contribution in [0.25, 0.3) is 0 Å². The second-order valence-electron chi connectivity index (χ2n) is 4.54. The fraction of sp³-hybridized carbons (Fsp3) is 0.200. The van der Waals surface area contributed by atoms with Gasteiger partial charge >= 0.3 is 0 Å². The highest BCUT2D eigenvalue weighted by atomic mass is 19.1. The third kappa shape index (κ3) is 3.51. The second kappa shape index (κ2) is 5.96. The van der Waals surface area contributed by atoms with Crippen LogP contribution in [0.5, 0.6) is 5.75 Å². The molecule has 0 saturated carbocycles. The summed E-state index contributed by atoms with van der Waals surface area (Å²) in [7, 11) is 0. The molecule has 106 valence electrons. The van der Waals surface area contributed by atoms with Crippen LogP contribution in [-0.4, -0.2) is 0 Å². The van der Waals surface area contributed by atoms with E-state index in [0.717, 1.165) is 18.2 Å². The van der Waals surface area contributed by atoms with Gasteiger partial charge in [0.15, 0.2) is 0 Å². The van der Waals surface area contributed by atoms with Gasteiger partial charge in [-0.15, -0.1) is 0 Å². The lowest BCUT2D eigenvalue weighted by molar-refractivity contribution is 0.303. The summed E-state index contributed by atoms with van der Waals surface area (Å²) in [6.07, 6.45) is 0. The van der Waals surface area contributed by atoms with Gasteiger partial charge in [0.25, 0.3) is 0 Å². The summed E-state index contributed by atoms with van der Waals surface area (Å²) in [5.41, 5.74) is 6.31. The van der Waals surface area contributed by atoms with Crippen LogP contribution in [0.2, 0.25) is 0 Å². The third-order valence-corrected chi connectivity index (χ3v) is 2.79. The first-order valence-corrected chi connectivity index (χ1v) is 6.08. The number of ether oxygens (including phenoxy) is 1. The van der Waals surface area contributed by atoms with Gasteiger partial charge in [0, 0.05) is 23.7 Å². The first kappa shape index (κ1) is 14.4. The van der Waals surface area contributed by atoms with E-state index in [-0.39, 0.29) is 12.4 Å². The molecule has 2 nitrogen and oxygen atoms in total. The molecule has 0 saturated heterocycles. The Balaban J connectivity index is 2.09. The average molecular weight is 281 g/mol. The molecule has 20 heavy (non-hydrogen) atoms. The van der Waals surface area contributed by atoms with Crippen LogP contribution in [0.3, 0.4) is 0 Å². The summed E-state index contributed by atoms with van der Waals surface area (Å²) in [6, 6.07) is 6.99. The molecule has 0 aliphatic carbocycles. The average Bonchev–Trinajstić information content (AvgIpc) is 2.35. The van der Waals surface area contributed by atoms with E-state index in [0.29, 0.717) is 11.1 Å². The van der Waals surface area contributed by atoms with Crippen molar-refractivity contribution in [3.8, 4) is 5.75 Å². The molecule has 0 aromatic heterocycles. The molecule has 2 N–H and O–H groups in total. The summed E-state index contributed by atoms with van der Waals surface area (Å²) in [4.78, 5) is 0. The minimum Gasteiger partial charge on any atom is -0.489 e. The van der Waals surface area contributed by atoms with Crippen molar-refractivity contribution in [3.05, 3.63) is 65.0 Å². The number of rotatable bonds is 4. The van der Waals surface area contributed by atoms with Gasteiger partial charge < -0.3 is 10.5 Å². The Hall–Kier alpha value is -2.01. The fourth-order valence-electron chi connectivity index (χ4n) is 1.83. The molecule has 0 bridgehead atoms. The number of halogens is 3. The maximum Gasteiger partial charge on any atom is 0.131 e. The maximum absolute atomic E-state index is 13.7. The van der Waals surface area contributed by atoms with Crippen molar-refractivity contribution in [2.75, 3.05) is 0 Å². The Morgan fingerprint density at radius 1 is 1.05 bits per heavy atom. The molecular weight excluding hydrogens is 267 g/mol. The topological polar surface area (TPSA) is 35.2 Å². The summed E-state index contributed by atoms with van der Waals surface area (Å²) in [5.74, 6) is -1.55. The molecule has 0 fully saturated rings. The van der Waals surface area contributed by atoms with Crippen LogP contribution < -0.4 is 10.5 Å². The minimum absolute atomic E-state index is 0.0500. The predicted molar refractivity (Wildman–Crippen MR) is 69.7 cm³/mol. The number of benzene rings is 2. The van der Waals surface area contributed by atoms with E-state index in [4.69, 9.17) is 10.5 Å². The lowest BCUT2D eigenvalue weighted by Crippen LogP contribution is -2.07. The zero-order valence-electron chi connectivity index (χ0n) is 10.9. The van der Waals surface area contributed by atoms with Crippen molar-refractivity contribution in [1.29, 1.82) is 0 Å². The standard InChI is InChI=1S/C15H14F3NO/c1-9(19)14-3-2-13(7-15(14)18)20-8-10-4-11(16)6-12(17)5-10/h2-7,9H,8,19H2,1H3/t9-/m0/s1. The van der Waals surface area contributed by atoms with Gasteiger partial charge in [0.2, 0.25) is 0 Å². The molecular formula is C15H14F3NO. The fourth-order valence-corrected chi connectivity index (χ4v) is 1.83. The summed E-state index contributed by atoms with van der Waals surface area (Å²) in [5, 5.41) is 0. The maximum atomic E-state index is 13.7. The molecule has 2 aromatic rings. The lowest BCUT2D eigenvalue weighted by Gasteiger charge is -2.10.